The van der Waals surface area contributed by atoms with Gasteiger partial charge in [0.2, 0.25) is 0 Å². The first-order valence-electron chi connectivity index (χ1n) is 5.83. The minimum atomic E-state index is 0.672. The molecule has 2 heteroatoms. The van der Waals surface area contributed by atoms with E-state index in [1.54, 1.807) is 0 Å². The summed E-state index contributed by atoms with van der Waals surface area (Å²) >= 11 is 0. The van der Waals surface area contributed by atoms with Crippen molar-refractivity contribution in [3.8, 4) is 0 Å². The molecule has 1 fully saturated rings. The van der Waals surface area contributed by atoms with Gasteiger partial charge in [0.25, 0.3) is 0 Å². The lowest BCUT2D eigenvalue weighted by molar-refractivity contribution is 0.148. The van der Waals surface area contributed by atoms with Crippen molar-refractivity contribution in [2.24, 2.45) is 5.92 Å². The highest BCUT2D eigenvalue weighted by atomic mass is 16.5. The molecule has 1 aliphatic carbocycles. The summed E-state index contributed by atoms with van der Waals surface area (Å²) in [6.45, 7) is 5.06. The quantitative estimate of drug-likeness (QED) is 0.678. The molecule has 0 bridgehead atoms. The van der Waals surface area contributed by atoms with Crippen molar-refractivity contribution < 1.29 is 4.74 Å². The normalized spacial score (nSPS) is 24.5. The largest absolute Gasteiger partial charge is 0.377 e. The minimum absolute atomic E-state index is 0.672. The molecule has 80 valence electrons. The van der Waals surface area contributed by atoms with Crippen LogP contribution in [0.3, 0.4) is 0 Å². The monoisotopic (exact) mass is 195 g/mol. The molecule has 2 nitrogen and oxygen atoms in total. The van der Waals surface area contributed by atoms with Crippen LogP contribution in [0, 0.1) is 5.92 Å². The first-order chi connectivity index (χ1) is 6.84. The Kier molecular flexibility index (Phi) is 3.60. The smallest absolute Gasteiger partial charge is 0.0689 e. The van der Waals surface area contributed by atoms with E-state index in [-0.39, 0.29) is 0 Å². The number of hydrogen-bond acceptors (Lipinski definition) is 2. The van der Waals surface area contributed by atoms with E-state index in [4.69, 9.17) is 4.74 Å². The lowest BCUT2D eigenvalue weighted by Gasteiger charge is -2.17. The summed E-state index contributed by atoms with van der Waals surface area (Å²) in [6, 6.07) is 0.672. The van der Waals surface area contributed by atoms with Crippen LogP contribution in [0.1, 0.15) is 32.6 Å². The van der Waals surface area contributed by atoms with Gasteiger partial charge in [-0.25, -0.2) is 0 Å². The molecule has 2 aliphatic rings. The molecule has 1 N–H and O–H groups in total. The van der Waals surface area contributed by atoms with Crippen LogP contribution in [0.5, 0.6) is 0 Å². The van der Waals surface area contributed by atoms with Crippen LogP contribution in [-0.2, 0) is 4.74 Å². The van der Waals surface area contributed by atoms with Crippen LogP contribution in [0.15, 0.2) is 11.6 Å². The zero-order chi connectivity index (χ0) is 9.80. The molecule has 0 aromatic heterocycles. The molecule has 0 amide bonds. The third-order valence-electron chi connectivity index (χ3n) is 3.04. The second-order valence-electron chi connectivity index (χ2n) is 4.66. The van der Waals surface area contributed by atoms with Gasteiger partial charge in [0.15, 0.2) is 0 Å². The molecular weight excluding hydrogens is 174 g/mol. The van der Waals surface area contributed by atoms with Gasteiger partial charge in [0.1, 0.15) is 0 Å². The fourth-order valence-electron chi connectivity index (χ4n) is 1.97. The topological polar surface area (TPSA) is 21.3 Å². The Hall–Kier alpha value is -0.340. The average molecular weight is 195 g/mol. The van der Waals surface area contributed by atoms with Gasteiger partial charge < -0.3 is 10.1 Å². The van der Waals surface area contributed by atoms with E-state index in [0.29, 0.717) is 6.04 Å². The van der Waals surface area contributed by atoms with Crippen molar-refractivity contribution in [2.45, 2.75) is 38.6 Å². The summed E-state index contributed by atoms with van der Waals surface area (Å²) in [5.41, 5.74) is 1.43. The van der Waals surface area contributed by atoms with Gasteiger partial charge in [-0.15, -0.1) is 0 Å². The highest BCUT2D eigenvalue weighted by molar-refractivity contribution is 5.07. The van der Waals surface area contributed by atoms with Gasteiger partial charge in [-0.2, -0.15) is 0 Å². The first kappa shape index (κ1) is 10.2. The van der Waals surface area contributed by atoms with Gasteiger partial charge in [0.05, 0.1) is 13.2 Å². The maximum absolute atomic E-state index is 5.40. The molecule has 14 heavy (non-hydrogen) atoms. The molecule has 1 saturated carbocycles. The molecule has 0 aromatic rings. The maximum atomic E-state index is 5.40. The molecule has 1 unspecified atom stereocenters. The van der Waals surface area contributed by atoms with Gasteiger partial charge in [0, 0.05) is 12.6 Å². The van der Waals surface area contributed by atoms with E-state index >= 15 is 0 Å². The van der Waals surface area contributed by atoms with E-state index in [1.165, 1.54) is 24.8 Å². The number of rotatable bonds is 5. The van der Waals surface area contributed by atoms with E-state index in [2.05, 4.69) is 18.3 Å². The van der Waals surface area contributed by atoms with Crippen LogP contribution in [-0.4, -0.2) is 25.8 Å². The Balaban J connectivity index is 1.62. The Morgan fingerprint density at radius 2 is 2.43 bits per heavy atom. The fraction of sp³-hybridized carbons (Fsp3) is 0.833. The molecule has 1 atom stereocenters. The predicted octanol–water partition coefficient (Wildman–Crippen LogP) is 2.11. The molecule has 1 aliphatic heterocycles. The molecular formula is C12H21NO. The summed E-state index contributed by atoms with van der Waals surface area (Å²) < 4.78 is 5.40. The summed E-state index contributed by atoms with van der Waals surface area (Å²) in [6.07, 6.45) is 7.68. The van der Waals surface area contributed by atoms with E-state index in [9.17, 15) is 0 Å². The Labute approximate surface area is 86.7 Å². The second-order valence-corrected chi connectivity index (χ2v) is 4.66. The maximum Gasteiger partial charge on any atom is 0.0689 e. The van der Waals surface area contributed by atoms with E-state index in [1.807, 2.05) is 0 Å². The molecule has 0 spiro atoms. The van der Waals surface area contributed by atoms with Gasteiger partial charge in [-0.3, -0.25) is 0 Å². The minimum Gasteiger partial charge on any atom is -0.377 e. The Morgan fingerprint density at radius 1 is 1.57 bits per heavy atom. The van der Waals surface area contributed by atoms with Crippen LogP contribution >= 0.6 is 0 Å². The predicted molar refractivity (Wildman–Crippen MR) is 58.3 cm³/mol. The molecule has 0 radical (unpaired) electrons. The zero-order valence-corrected chi connectivity index (χ0v) is 9.09. The zero-order valence-electron chi connectivity index (χ0n) is 9.09. The van der Waals surface area contributed by atoms with Crippen LogP contribution < -0.4 is 5.32 Å². The molecule has 2 rings (SSSR count). The van der Waals surface area contributed by atoms with Crippen molar-refractivity contribution in [1.82, 2.24) is 5.32 Å². The lowest BCUT2D eigenvalue weighted by Crippen LogP contribution is -2.30. The number of ether oxygens (including phenoxy) is 1. The second kappa shape index (κ2) is 4.94. The van der Waals surface area contributed by atoms with Crippen molar-refractivity contribution in [3.63, 3.8) is 0 Å². The van der Waals surface area contributed by atoms with E-state index in [0.717, 1.165) is 32.1 Å². The Morgan fingerprint density at radius 3 is 3.07 bits per heavy atom. The number of hydrogen-bond donors (Lipinski definition) is 1. The van der Waals surface area contributed by atoms with Crippen molar-refractivity contribution in [1.29, 1.82) is 0 Å². The molecule has 1 heterocycles. The fourth-order valence-corrected chi connectivity index (χ4v) is 1.97. The van der Waals surface area contributed by atoms with Crippen molar-refractivity contribution in [3.05, 3.63) is 11.6 Å². The van der Waals surface area contributed by atoms with Gasteiger partial charge >= 0.3 is 0 Å². The third kappa shape index (κ3) is 3.43. The Bertz CT molecular complexity index is 208. The van der Waals surface area contributed by atoms with Crippen LogP contribution in [0.2, 0.25) is 0 Å². The summed E-state index contributed by atoms with van der Waals surface area (Å²) in [5, 5.41) is 3.58. The summed E-state index contributed by atoms with van der Waals surface area (Å²) in [7, 11) is 0. The summed E-state index contributed by atoms with van der Waals surface area (Å²) in [5.74, 6) is 1.02. The third-order valence-corrected chi connectivity index (χ3v) is 3.04. The molecule has 0 saturated heterocycles. The van der Waals surface area contributed by atoms with E-state index < -0.39 is 0 Å². The first-order valence-corrected chi connectivity index (χ1v) is 5.83. The standard InChI is InChI=1S/C12H21NO/c1-10(7-11-4-5-11)13-8-12-3-2-6-14-9-12/h3,10-11,13H,2,4-9H2,1H3. The van der Waals surface area contributed by atoms with Crippen LogP contribution in [0.25, 0.3) is 0 Å². The molecule has 0 aromatic carbocycles. The lowest BCUT2D eigenvalue weighted by atomic mass is 10.1. The van der Waals surface area contributed by atoms with Crippen LogP contribution in [0.4, 0.5) is 0 Å². The van der Waals surface area contributed by atoms with Crippen molar-refractivity contribution in [2.75, 3.05) is 19.8 Å². The summed E-state index contributed by atoms with van der Waals surface area (Å²) in [4.78, 5) is 0. The highest BCUT2D eigenvalue weighted by Gasteiger charge is 2.23. The van der Waals surface area contributed by atoms with Gasteiger partial charge in [-0.1, -0.05) is 18.9 Å². The van der Waals surface area contributed by atoms with Gasteiger partial charge in [-0.05, 0) is 31.3 Å². The average Bonchev–Trinajstić information content (AvgIpc) is 3.00. The van der Waals surface area contributed by atoms with Crippen molar-refractivity contribution >= 4 is 0 Å². The highest BCUT2D eigenvalue weighted by Crippen LogP contribution is 2.33. The SMILES string of the molecule is CC(CC1CC1)NCC1=CCCOC1. The number of nitrogens with one attached hydrogen (secondary N) is 1.